The van der Waals surface area contributed by atoms with Crippen LogP contribution in [0.3, 0.4) is 0 Å². The molecule has 8 heteroatoms. The average Bonchev–Trinajstić information content (AvgIpc) is 2.31. The van der Waals surface area contributed by atoms with E-state index in [2.05, 4.69) is 27.7 Å². The molecular weight excluding hydrogens is 459 g/mol. The van der Waals surface area contributed by atoms with Gasteiger partial charge in [-0.2, -0.15) is 0 Å². The van der Waals surface area contributed by atoms with Crippen molar-refractivity contribution in [1.82, 2.24) is 0 Å². The van der Waals surface area contributed by atoms with Crippen LogP contribution in [-0.4, -0.2) is 24.6 Å². The summed E-state index contributed by atoms with van der Waals surface area (Å²) in [4.78, 5) is 0. The van der Waals surface area contributed by atoms with E-state index in [-0.39, 0.29) is 86.8 Å². The van der Waals surface area contributed by atoms with Crippen molar-refractivity contribution < 1.29 is 0 Å². The summed E-state index contributed by atoms with van der Waals surface area (Å²) in [6.07, 6.45) is 16.6. The molecule has 0 atom stereocenters. The molecule has 0 aliphatic carbocycles. The predicted molar refractivity (Wildman–Crippen MR) is 134 cm³/mol. The molecule has 0 saturated heterocycles. The van der Waals surface area contributed by atoms with Gasteiger partial charge >= 0.3 is 105 Å². The van der Waals surface area contributed by atoms with Gasteiger partial charge in [-0.3, -0.25) is 0 Å². The molecule has 0 bridgehead atoms. The van der Waals surface area contributed by atoms with Gasteiger partial charge in [0.15, 0.2) is 0 Å². The van der Waals surface area contributed by atoms with Crippen LogP contribution < -0.4 is 0 Å². The van der Waals surface area contributed by atoms with Crippen molar-refractivity contribution in [2.75, 3.05) is 24.6 Å². The van der Waals surface area contributed by atoms with Crippen molar-refractivity contribution in [2.24, 2.45) is 0 Å². The van der Waals surface area contributed by atoms with Crippen molar-refractivity contribution in [3.05, 3.63) is 0 Å². The van der Waals surface area contributed by atoms with Gasteiger partial charge in [0.1, 0.15) is 0 Å². The van der Waals surface area contributed by atoms with E-state index in [1.165, 1.54) is 44.9 Å². The van der Waals surface area contributed by atoms with Crippen molar-refractivity contribution in [1.29, 1.82) is 0 Å². The fourth-order valence-electron chi connectivity index (χ4n) is 2.94. The van der Waals surface area contributed by atoms with Gasteiger partial charge in [-0.05, 0) is 0 Å². The van der Waals surface area contributed by atoms with E-state index in [9.17, 15) is 0 Å². The summed E-state index contributed by atoms with van der Waals surface area (Å²) in [5, 5.41) is 0. The van der Waals surface area contributed by atoms with Crippen molar-refractivity contribution >= 4 is 94.1 Å². The molecule has 0 radical (unpaired) electrons. The van der Waals surface area contributed by atoms with E-state index in [1.54, 1.807) is 24.6 Å². The van der Waals surface area contributed by atoms with Crippen LogP contribution in [0.15, 0.2) is 0 Å². The van der Waals surface area contributed by atoms with Crippen molar-refractivity contribution in [3.63, 3.8) is 0 Å². The van der Waals surface area contributed by atoms with Crippen molar-refractivity contribution in [3.8, 4) is 0 Å². The molecule has 0 aliphatic rings. The minimum atomic E-state index is -0.858. The molecule has 23 heavy (non-hydrogen) atoms. The summed E-state index contributed by atoms with van der Waals surface area (Å²) in [7, 11) is -0.858. The first-order valence-corrected chi connectivity index (χ1v) is 10.6. The third kappa shape index (κ3) is 26.8. The normalized spacial score (nSPS) is 9.04. The number of hydrogen-bond donors (Lipinski definition) is 0. The minimum absolute atomic E-state index is 0. The van der Waals surface area contributed by atoms with Gasteiger partial charge < -0.3 is 0 Å². The van der Waals surface area contributed by atoms with Crippen LogP contribution >= 0.6 is 94.1 Å². The van der Waals surface area contributed by atoms with Crippen LogP contribution in [-0.2, 0) is 0 Å². The van der Waals surface area contributed by atoms with Gasteiger partial charge in [-0.15, -0.1) is 86.8 Å². The Morgan fingerprint density at radius 3 is 0.826 bits per heavy atom. The quantitative estimate of drug-likeness (QED) is 0.249. The molecule has 0 aliphatic heterocycles. The molecule has 0 nitrogen and oxygen atoms in total. The Hall–Kier alpha value is 2.46. The van der Waals surface area contributed by atoms with E-state index < -0.39 is 7.26 Å². The van der Waals surface area contributed by atoms with E-state index >= 15 is 0 Å². The summed E-state index contributed by atoms with van der Waals surface area (Å²) < 4.78 is 0. The van der Waals surface area contributed by atoms with Crippen LogP contribution in [0.5, 0.6) is 0 Å². The molecule has 0 amide bonds. The second-order valence-electron chi connectivity index (χ2n) is 5.56. The van der Waals surface area contributed by atoms with Crippen LogP contribution in [0.25, 0.3) is 0 Å². The second-order valence-corrected chi connectivity index (χ2v) is 10.6. The largest absolute Gasteiger partial charge is 0.147 e. The molecule has 0 N–H and O–H groups in total. The summed E-state index contributed by atoms with van der Waals surface area (Å²) in [5.41, 5.74) is 0. The molecule has 0 aromatic rings. The standard InChI is InChI=1S/C15H35P.7ClH/c1-5-9-13-16(12-8-4,14-10-6-2)15-11-7-3;;;;;;;/h16H,5-15H2,1-4H3;7*1H. The number of unbranched alkanes of at least 4 members (excludes halogenated alkanes) is 3. The van der Waals surface area contributed by atoms with Gasteiger partial charge in [0.25, 0.3) is 0 Å². The fourth-order valence-corrected chi connectivity index (χ4v) is 8.81. The van der Waals surface area contributed by atoms with Crippen LogP contribution in [0, 0.1) is 0 Å². The molecular formula is C15H42Cl7P. The first-order chi connectivity index (χ1) is 7.74. The Balaban J connectivity index is -0.0000000536. The maximum Gasteiger partial charge on any atom is -0.147 e. The van der Waals surface area contributed by atoms with E-state index in [1.807, 2.05) is 0 Å². The third-order valence-corrected chi connectivity index (χ3v) is 9.77. The molecule has 0 fully saturated rings. The Kier molecular flexibility index (Phi) is 77.2. The Bertz CT molecular complexity index is 141. The summed E-state index contributed by atoms with van der Waals surface area (Å²) >= 11 is 0. The monoisotopic (exact) mass is 498 g/mol. The smallest absolute Gasteiger partial charge is 0.147 e. The van der Waals surface area contributed by atoms with Crippen LogP contribution in [0.1, 0.15) is 72.6 Å². The van der Waals surface area contributed by atoms with Crippen LogP contribution in [0.2, 0.25) is 0 Å². The molecule has 0 rings (SSSR count). The van der Waals surface area contributed by atoms with Gasteiger partial charge in [-0.1, -0.05) is 0 Å². The molecule has 0 aromatic heterocycles. The molecule has 0 saturated carbocycles. The average molecular weight is 502 g/mol. The topological polar surface area (TPSA) is 0 Å². The molecule has 0 heterocycles. The number of hydrogen-bond acceptors (Lipinski definition) is 0. The Morgan fingerprint density at radius 1 is 0.391 bits per heavy atom. The zero-order chi connectivity index (χ0) is 12.3. The molecule has 0 unspecified atom stereocenters. The van der Waals surface area contributed by atoms with E-state index in [0.29, 0.717) is 0 Å². The summed E-state index contributed by atoms with van der Waals surface area (Å²) in [6, 6.07) is 0. The summed E-state index contributed by atoms with van der Waals surface area (Å²) in [6.45, 7) is 9.45. The second kappa shape index (κ2) is 35.5. The zero-order valence-electron chi connectivity index (χ0n) is 15.1. The molecule has 156 valence electrons. The minimum Gasteiger partial charge on any atom is -0.147 e. The Morgan fingerprint density at radius 2 is 0.652 bits per heavy atom. The third-order valence-electron chi connectivity index (χ3n) is 3.96. The van der Waals surface area contributed by atoms with Gasteiger partial charge in [0, 0.05) is 0 Å². The van der Waals surface area contributed by atoms with Gasteiger partial charge in [0.2, 0.25) is 0 Å². The molecule has 0 aromatic carbocycles. The van der Waals surface area contributed by atoms with E-state index in [4.69, 9.17) is 0 Å². The maximum atomic E-state index is 2.39. The first kappa shape index (κ1) is 50.0. The van der Waals surface area contributed by atoms with Gasteiger partial charge in [0.05, 0.1) is 0 Å². The Labute approximate surface area is 190 Å². The SMILES string of the molecule is CCCC[PH](CCC)(CCCC)CCCC.Cl.Cl.Cl.Cl.Cl.Cl.Cl. The number of halogens is 7. The molecule has 0 spiro atoms. The van der Waals surface area contributed by atoms with Gasteiger partial charge in [-0.25, -0.2) is 0 Å². The summed E-state index contributed by atoms with van der Waals surface area (Å²) in [5.74, 6) is 0. The van der Waals surface area contributed by atoms with E-state index in [0.717, 1.165) is 0 Å². The van der Waals surface area contributed by atoms with Crippen molar-refractivity contribution in [2.45, 2.75) is 72.6 Å². The predicted octanol–water partition coefficient (Wildman–Crippen LogP) is 8.50. The van der Waals surface area contributed by atoms with Crippen LogP contribution in [0.4, 0.5) is 0 Å². The number of rotatable bonds is 11. The zero-order valence-corrected chi connectivity index (χ0v) is 21.9. The maximum absolute atomic E-state index is 2.39. The first-order valence-electron chi connectivity index (χ1n) is 7.74. The fraction of sp³-hybridized carbons (Fsp3) is 1.00.